The number of Topliss-reactive ketones (excluding diaryl/α,β-unsaturated/α-hetero) is 1. The van der Waals surface area contributed by atoms with Gasteiger partial charge in [-0.2, -0.15) is 0 Å². The molecule has 0 saturated heterocycles. The molecule has 1 spiro atoms. The van der Waals surface area contributed by atoms with Gasteiger partial charge in [-0.05, 0) is 38.7 Å². The highest BCUT2D eigenvalue weighted by molar-refractivity contribution is 5.89. The maximum absolute atomic E-state index is 11.6. The number of allylic oxidation sites excluding steroid dienone is 2. The Labute approximate surface area is 72.6 Å². The molecule has 0 aromatic carbocycles. The maximum atomic E-state index is 11.6. The van der Waals surface area contributed by atoms with Gasteiger partial charge in [-0.3, -0.25) is 4.79 Å². The van der Waals surface area contributed by atoms with Gasteiger partial charge in [0.25, 0.3) is 0 Å². The lowest BCUT2D eigenvalue weighted by molar-refractivity contribution is -0.140. The molecule has 0 radical (unpaired) electrons. The second-order valence-corrected chi connectivity index (χ2v) is 3.75. The molecule has 0 atom stereocenters. The van der Waals surface area contributed by atoms with Gasteiger partial charge in [0.2, 0.25) is 0 Å². The molecule has 1 fully saturated rings. The Balaban J connectivity index is 2.24. The quantitative estimate of drug-likeness (QED) is 0.551. The standard InChI is InChI=1S/C10H14O2/c1-8-4-5-9(11)10(12-8)6-2-3-7-10/h4H,2-3,5-7H2,1H3. The second-order valence-electron chi connectivity index (χ2n) is 3.75. The molecule has 0 amide bonds. The summed E-state index contributed by atoms with van der Waals surface area (Å²) >= 11 is 0. The average Bonchev–Trinajstić information content (AvgIpc) is 2.48. The van der Waals surface area contributed by atoms with Gasteiger partial charge in [0, 0.05) is 6.42 Å². The molecule has 2 rings (SSSR count). The lowest BCUT2D eigenvalue weighted by Crippen LogP contribution is -2.40. The van der Waals surface area contributed by atoms with Crippen molar-refractivity contribution in [2.75, 3.05) is 0 Å². The van der Waals surface area contributed by atoms with E-state index in [1.165, 1.54) is 0 Å². The average molecular weight is 166 g/mol. The molecule has 1 saturated carbocycles. The summed E-state index contributed by atoms with van der Waals surface area (Å²) in [5.41, 5.74) is -0.404. The molecular weight excluding hydrogens is 152 g/mol. The van der Waals surface area contributed by atoms with E-state index in [0.717, 1.165) is 31.4 Å². The molecule has 0 aromatic rings. The van der Waals surface area contributed by atoms with E-state index in [9.17, 15) is 4.79 Å². The minimum Gasteiger partial charge on any atom is -0.484 e. The van der Waals surface area contributed by atoms with Gasteiger partial charge in [0.1, 0.15) is 0 Å². The van der Waals surface area contributed by atoms with E-state index in [2.05, 4.69) is 0 Å². The molecule has 2 nitrogen and oxygen atoms in total. The fraction of sp³-hybridized carbons (Fsp3) is 0.700. The van der Waals surface area contributed by atoms with Gasteiger partial charge >= 0.3 is 0 Å². The number of hydrogen-bond acceptors (Lipinski definition) is 2. The first kappa shape index (κ1) is 7.84. The van der Waals surface area contributed by atoms with Crippen molar-refractivity contribution in [3.8, 4) is 0 Å². The van der Waals surface area contributed by atoms with Crippen molar-refractivity contribution in [2.24, 2.45) is 0 Å². The van der Waals surface area contributed by atoms with Crippen LogP contribution in [0, 0.1) is 0 Å². The summed E-state index contributed by atoms with van der Waals surface area (Å²) in [5, 5.41) is 0. The second kappa shape index (κ2) is 2.61. The van der Waals surface area contributed by atoms with Crippen LogP contribution in [0.3, 0.4) is 0 Å². The minimum atomic E-state index is -0.404. The van der Waals surface area contributed by atoms with Crippen molar-refractivity contribution in [3.63, 3.8) is 0 Å². The zero-order valence-corrected chi connectivity index (χ0v) is 7.43. The normalized spacial score (nSPS) is 27.1. The summed E-state index contributed by atoms with van der Waals surface area (Å²) in [5.74, 6) is 1.21. The van der Waals surface area contributed by atoms with Crippen molar-refractivity contribution >= 4 is 5.78 Å². The molecule has 0 aromatic heterocycles. The fourth-order valence-corrected chi connectivity index (χ4v) is 2.16. The SMILES string of the molecule is CC1=CCC(=O)C2(CCCC2)O1. The summed E-state index contributed by atoms with van der Waals surface area (Å²) in [4.78, 5) is 11.6. The van der Waals surface area contributed by atoms with Gasteiger partial charge in [-0.15, -0.1) is 0 Å². The Kier molecular flexibility index (Phi) is 1.71. The van der Waals surface area contributed by atoms with Crippen LogP contribution < -0.4 is 0 Å². The third-order valence-corrected chi connectivity index (χ3v) is 2.85. The molecule has 1 heterocycles. The van der Waals surface area contributed by atoms with Crippen LogP contribution >= 0.6 is 0 Å². The first-order valence-corrected chi connectivity index (χ1v) is 4.62. The largest absolute Gasteiger partial charge is 0.484 e. The first-order valence-electron chi connectivity index (χ1n) is 4.62. The van der Waals surface area contributed by atoms with Gasteiger partial charge in [-0.25, -0.2) is 0 Å². The van der Waals surface area contributed by atoms with Gasteiger partial charge < -0.3 is 4.74 Å². The third-order valence-electron chi connectivity index (χ3n) is 2.85. The highest BCUT2D eigenvalue weighted by atomic mass is 16.5. The summed E-state index contributed by atoms with van der Waals surface area (Å²) in [6.07, 6.45) is 6.59. The fourth-order valence-electron chi connectivity index (χ4n) is 2.16. The third kappa shape index (κ3) is 1.06. The molecule has 12 heavy (non-hydrogen) atoms. The van der Waals surface area contributed by atoms with E-state index >= 15 is 0 Å². The number of rotatable bonds is 0. The van der Waals surface area contributed by atoms with Crippen LogP contribution in [-0.4, -0.2) is 11.4 Å². The van der Waals surface area contributed by atoms with Crippen LogP contribution in [0.4, 0.5) is 0 Å². The number of hydrogen-bond donors (Lipinski definition) is 0. The van der Waals surface area contributed by atoms with Crippen molar-refractivity contribution in [1.82, 2.24) is 0 Å². The van der Waals surface area contributed by atoms with E-state index in [1.807, 2.05) is 13.0 Å². The monoisotopic (exact) mass is 166 g/mol. The lowest BCUT2D eigenvalue weighted by atomic mass is 9.92. The Morgan fingerprint density at radius 3 is 2.75 bits per heavy atom. The molecule has 0 bridgehead atoms. The summed E-state index contributed by atoms with van der Waals surface area (Å²) in [6, 6.07) is 0. The molecule has 0 N–H and O–H groups in total. The van der Waals surface area contributed by atoms with E-state index < -0.39 is 5.60 Å². The predicted octanol–water partition coefficient (Wildman–Crippen LogP) is 2.19. The van der Waals surface area contributed by atoms with E-state index in [4.69, 9.17) is 4.74 Å². The first-order chi connectivity index (χ1) is 5.73. The molecule has 0 unspecified atom stereocenters. The zero-order valence-electron chi connectivity index (χ0n) is 7.43. The smallest absolute Gasteiger partial charge is 0.180 e. The number of ketones is 1. The predicted molar refractivity (Wildman–Crippen MR) is 45.7 cm³/mol. The van der Waals surface area contributed by atoms with Crippen LogP contribution in [0.5, 0.6) is 0 Å². The van der Waals surface area contributed by atoms with Crippen LogP contribution in [0.1, 0.15) is 39.0 Å². The number of ether oxygens (including phenoxy) is 1. The molecule has 2 aliphatic rings. The highest BCUT2D eigenvalue weighted by Crippen LogP contribution is 2.38. The molecule has 66 valence electrons. The Hall–Kier alpha value is -0.790. The molecule has 1 aliphatic heterocycles. The Morgan fingerprint density at radius 1 is 1.42 bits per heavy atom. The molecular formula is C10H14O2. The maximum Gasteiger partial charge on any atom is 0.180 e. The van der Waals surface area contributed by atoms with Crippen LogP contribution in [0.25, 0.3) is 0 Å². The van der Waals surface area contributed by atoms with Crippen molar-refractivity contribution in [2.45, 2.75) is 44.6 Å². The summed E-state index contributed by atoms with van der Waals surface area (Å²) in [7, 11) is 0. The summed E-state index contributed by atoms with van der Waals surface area (Å²) in [6.45, 7) is 1.94. The topological polar surface area (TPSA) is 26.3 Å². The van der Waals surface area contributed by atoms with Gasteiger partial charge in [0.05, 0.1) is 5.76 Å². The number of carbonyl (C=O) groups excluding carboxylic acids is 1. The van der Waals surface area contributed by atoms with Crippen LogP contribution in [-0.2, 0) is 9.53 Å². The molecule has 1 aliphatic carbocycles. The van der Waals surface area contributed by atoms with Crippen molar-refractivity contribution < 1.29 is 9.53 Å². The van der Waals surface area contributed by atoms with Crippen molar-refractivity contribution in [3.05, 3.63) is 11.8 Å². The van der Waals surface area contributed by atoms with Crippen LogP contribution in [0.15, 0.2) is 11.8 Å². The lowest BCUT2D eigenvalue weighted by Gasteiger charge is -2.31. The Bertz CT molecular complexity index is 234. The Morgan fingerprint density at radius 2 is 2.08 bits per heavy atom. The summed E-state index contributed by atoms with van der Waals surface area (Å²) < 4.78 is 5.66. The van der Waals surface area contributed by atoms with E-state index in [0.29, 0.717) is 6.42 Å². The van der Waals surface area contributed by atoms with Crippen LogP contribution in [0.2, 0.25) is 0 Å². The van der Waals surface area contributed by atoms with E-state index in [1.54, 1.807) is 0 Å². The van der Waals surface area contributed by atoms with Crippen molar-refractivity contribution in [1.29, 1.82) is 0 Å². The zero-order chi connectivity index (χ0) is 8.60. The van der Waals surface area contributed by atoms with Gasteiger partial charge in [0.15, 0.2) is 11.4 Å². The van der Waals surface area contributed by atoms with Gasteiger partial charge in [-0.1, -0.05) is 0 Å². The highest BCUT2D eigenvalue weighted by Gasteiger charge is 2.44. The number of carbonyl (C=O) groups is 1. The van der Waals surface area contributed by atoms with E-state index in [-0.39, 0.29) is 5.78 Å². The minimum absolute atomic E-state index is 0.283. The molecule has 2 heteroatoms.